The second kappa shape index (κ2) is 7.02. The number of rotatable bonds is 3. The Hall–Kier alpha value is -2.72. The third-order valence-electron chi connectivity index (χ3n) is 4.33. The number of nitro benzene ring substituents is 1. The summed E-state index contributed by atoms with van der Waals surface area (Å²) in [4.78, 5) is 50.7. The number of anilines is 1. The quantitative estimate of drug-likeness (QED) is 0.348. The van der Waals surface area contributed by atoms with E-state index in [9.17, 15) is 24.5 Å². The summed E-state index contributed by atoms with van der Waals surface area (Å²) in [7, 11) is 0. The highest BCUT2D eigenvalue weighted by molar-refractivity contribution is 6.36. The van der Waals surface area contributed by atoms with E-state index in [-0.39, 0.29) is 29.5 Å². The standard InChI is InChI=1S/C17H19ClN4O6/c1-17(2,3)28-15(24)13-8-19-7-12-14(23)21(16(25)20(12)13)11-5-4-9(22(26)27)6-10(11)18/h4-6,12-13,19H,7-8H2,1-3H3. The van der Waals surface area contributed by atoms with Crippen molar-refractivity contribution in [3.63, 3.8) is 0 Å². The molecule has 2 heterocycles. The third kappa shape index (κ3) is 3.52. The van der Waals surface area contributed by atoms with Crippen LogP contribution in [0.2, 0.25) is 5.02 Å². The summed E-state index contributed by atoms with van der Waals surface area (Å²) in [5.74, 6) is -1.19. The molecule has 3 rings (SSSR count). The number of imide groups is 1. The molecule has 1 aromatic carbocycles. The van der Waals surface area contributed by atoms with Gasteiger partial charge in [0.1, 0.15) is 17.7 Å². The average Bonchev–Trinajstić information content (AvgIpc) is 2.84. The number of nitro groups is 1. The minimum Gasteiger partial charge on any atom is -0.458 e. The molecule has 2 aliphatic rings. The van der Waals surface area contributed by atoms with Crippen LogP contribution in [-0.2, 0) is 14.3 Å². The van der Waals surface area contributed by atoms with Gasteiger partial charge in [0.05, 0.1) is 15.6 Å². The number of benzene rings is 1. The topological polar surface area (TPSA) is 122 Å². The van der Waals surface area contributed by atoms with Crippen LogP contribution in [0.1, 0.15) is 20.8 Å². The zero-order chi connectivity index (χ0) is 20.8. The van der Waals surface area contributed by atoms with Gasteiger partial charge in [-0.05, 0) is 26.8 Å². The highest BCUT2D eigenvalue weighted by atomic mass is 35.5. The number of carbonyl (C=O) groups is 3. The molecule has 10 nitrogen and oxygen atoms in total. The maximum absolute atomic E-state index is 13.0. The van der Waals surface area contributed by atoms with Gasteiger partial charge < -0.3 is 10.1 Å². The molecule has 2 atom stereocenters. The van der Waals surface area contributed by atoms with E-state index in [1.807, 2.05) is 0 Å². The summed E-state index contributed by atoms with van der Waals surface area (Å²) in [6.45, 7) is 5.44. The molecule has 2 saturated heterocycles. The van der Waals surface area contributed by atoms with Crippen molar-refractivity contribution in [3.05, 3.63) is 33.3 Å². The van der Waals surface area contributed by atoms with E-state index >= 15 is 0 Å². The van der Waals surface area contributed by atoms with Crippen LogP contribution in [0.25, 0.3) is 0 Å². The van der Waals surface area contributed by atoms with Crippen LogP contribution in [0.15, 0.2) is 18.2 Å². The maximum atomic E-state index is 13.0. The largest absolute Gasteiger partial charge is 0.458 e. The van der Waals surface area contributed by atoms with E-state index in [0.717, 1.165) is 17.0 Å². The fourth-order valence-corrected chi connectivity index (χ4v) is 3.44. The van der Waals surface area contributed by atoms with Crippen molar-refractivity contribution in [2.75, 3.05) is 18.0 Å². The molecule has 28 heavy (non-hydrogen) atoms. The van der Waals surface area contributed by atoms with Gasteiger partial charge in [-0.25, -0.2) is 14.5 Å². The monoisotopic (exact) mass is 410 g/mol. The van der Waals surface area contributed by atoms with Crippen molar-refractivity contribution in [2.45, 2.75) is 38.5 Å². The first-order valence-corrected chi connectivity index (χ1v) is 8.93. The van der Waals surface area contributed by atoms with Crippen molar-refractivity contribution in [1.82, 2.24) is 10.2 Å². The van der Waals surface area contributed by atoms with Gasteiger partial charge >= 0.3 is 12.0 Å². The predicted molar refractivity (Wildman–Crippen MR) is 99.1 cm³/mol. The van der Waals surface area contributed by atoms with Crippen molar-refractivity contribution < 1.29 is 24.0 Å². The van der Waals surface area contributed by atoms with Crippen molar-refractivity contribution >= 4 is 40.9 Å². The number of halogens is 1. The fraction of sp³-hybridized carbons (Fsp3) is 0.471. The van der Waals surface area contributed by atoms with Gasteiger partial charge in [0.15, 0.2) is 0 Å². The number of carbonyl (C=O) groups excluding carboxylic acids is 3. The lowest BCUT2D eigenvalue weighted by molar-refractivity contribution is -0.384. The lowest BCUT2D eigenvalue weighted by atomic mass is 10.1. The molecular formula is C17H19ClN4O6. The number of hydrogen-bond donors (Lipinski definition) is 1. The molecule has 150 valence electrons. The summed E-state index contributed by atoms with van der Waals surface area (Å²) in [5, 5.41) is 13.7. The van der Waals surface area contributed by atoms with E-state index in [4.69, 9.17) is 16.3 Å². The van der Waals surface area contributed by atoms with Crippen molar-refractivity contribution in [3.8, 4) is 0 Å². The highest BCUT2D eigenvalue weighted by Gasteiger charge is 2.53. The predicted octanol–water partition coefficient (Wildman–Crippen LogP) is 1.70. The molecule has 3 amide bonds. The molecule has 0 spiro atoms. The summed E-state index contributed by atoms with van der Waals surface area (Å²) in [6, 6.07) is 0.871. The fourth-order valence-electron chi connectivity index (χ4n) is 3.18. The van der Waals surface area contributed by atoms with Gasteiger partial charge in [-0.15, -0.1) is 0 Å². The number of ether oxygens (including phenoxy) is 1. The SMILES string of the molecule is CC(C)(C)OC(=O)C1CNCC2C(=O)N(c3ccc([N+](=O)[O-])cc3Cl)C(=O)N12. The first kappa shape index (κ1) is 20.0. The third-order valence-corrected chi connectivity index (χ3v) is 4.63. The van der Waals surface area contributed by atoms with Crippen LogP contribution in [0.3, 0.4) is 0 Å². The van der Waals surface area contributed by atoms with Gasteiger partial charge in [0.2, 0.25) is 0 Å². The van der Waals surface area contributed by atoms with E-state index in [1.54, 1.807) is 20.8 Å². The molecule has 11 heteroatoms. The molecule has 2 aliphatic heterocycles. The Labute approximate surface area is 165 Å². The summed E-state index contributed by atoms with van der Waals surface area (Å²) >= 11 is 6.09. The maximum Gasteiger partial charge on any atom is 0.332 e. The number of piperazine rings is 1. The molecular weight excluding hydrogens is 392 g/mol. The molecule has 2 fully saturated rings. The summed E-state index contributed by atoms with van der Waals surface area (Å²) in [6.07, 6.45) is 0. The van der Waals surface area contributed by atoms with Crippen LogP contribution >= 0.6 is 11.6 Å². The van der Waals surface area contributed by atoms with Crippen LogP contribution < -0.4 is 10.2 Å². The molecule has 2 unspecified atom stereocenters. The Balaban J connectivity index is 1.93. The molecule has 1 aromatic rings. The Kier molecular flexibility index (Phi) is 5.02. The number of fused-ring (bicyclic) bond motifs is 1. The number of nitrogens with zero attached hydrogens (tertiary/aromatic N) is 3. The first-order valence-electron chi connectivity index (χ1n) is 8.55. The van der Waals surface area contributed by atoms with Crippen LogP contribution in [0.4, 0.5) is 16.2 Å². The minimum atomic E-state index is -0.976. The molecule has 0 radical (unpaired) electrons. The normalized spacial score (nSPS) is 22.3. The number of hydrogen-bond acceptors (Lipinski definition) is 7. The Morgan fingerprint density at radius 2 is 2.00 bits per heavy atom. The molecule has 0 aromatic heterocycles. The summed E-state index contributed by atoms with van der Waals surface area (Å²) in [5.41, 5.74) is -0.989. The summed E-state index contributed by atoms with van der Waals surface area (Å²) < 4.78 is 5.37. The highest BCUT2D eigenvalue weighted by Crippen LogP contribution is 2.35. The lowest BCUT2D eigenvalue weighted by Crippen LogP contribution is -2.60. The average molecular weight is 411 g/mol. The van der Waals surface area contributed by atoms with Crippen LogP contribution in [0.5, 0.6) is 0 Å². The Morgan fingerprint density at radius 3 is 2.57 bits per heavy atom. The Bertz CT molecular complexity index is 868. The Morgan fingerprint density at radius 1 is 1.32 bits per heavy atom. The number of non-ortho nitro benzene ring substituents is 1. The van der Waals surface area contributed by atoms with Crippen LogP contribution in [0, 0.1) is 10.1 Å². The van der Waals surface area contributed by atoms with E-state index in [2.05, 4.69) is 5.32 Å². The van der Waals surface area contributed by atoms with Crippen LogP contribution in [-0.4, -0.2) is 58.5 Å². The van der Waals surface area contributed by atoms with E-state index < -0.39 is 40.5 Å². The molecule has 1 N–H and O–H groups in total. The van der Waals surface area contributed by atoms with Gasteiger partial charge in [-0.3, -0.25) is 19.8 Å². The number of nitrogens with one attached hydrogen (secondary N) is 1. The zero-order valence-electron chi connectivity index (χ0n) is 15.5. The van der Waals surface area contributed by atoms with Gasteiger partial charge in [0.25, 0.3) is 11.6 Å². The van der Waals surface area contributed by atoms with Gasteiger partial charge in [-0.2, -0.15) is 0 Å². The second-order valence-corrected chi connectivity index (χ2v) is 7.89. The van der Waals surface area contributed by atoms with Gasteiger partial charge in [0, 0.05) is 25.2 Å². The van der Waals surface area contributed by atoms with E-state index in [1.165, 1.54) is 11.0 Å². The van der Waals surface area contributed by atoms with Crippen molar-refractivity contribution in [2.24, 2.45) is 0 Å². The van der Waals surface area contributed by atoms with Crippen molar-refractivity contribution in [1.29, 1.82) is 0 Å². The molecule has 0 saturated carbocycles. The van der Waals surface area contributed by atoms with E-state index in [0.29, 0.717) is 0 Å². The minimum absolute atomic E-state index is 0.0274. The zero-order valence-corrected chi connectivity index (χ0v) is 16.2. The number of esters is 1. The first-order chi connectivity index (χ1) is 13.0. The number of urea groups is 1. The molecule has 0 bridgehead atoms. The second-order valence-electron chi connectivity index (χ2n) is 7.48. The number of amides is 3. The smallest absolute Gasteiger partial charge is 0.332 e. The lowest BCUT2D eigenvalue weighted by Gasteiger charge is -2.35. The molecule has 0 aliphatic carbocycles. The van der Waals surface area contributed by atoms with Gasteiger partial charge in [-0.1, -0.05) is 11.6 Å².